The SMILES string of the molecule is CC(C)Cc1[nH][nH]c1C#N. The smallest absolute Gasteiger partial charge is 0.153 e. The van der Waals surface area contributed by atoms with Gasteiger partial charge in [0.25, 0.3) is 0 Å². The summed E-state index contributed by atoms with van der Waals surface area (Å²) in [4.78, 5) is 0. The summed E-state index contributed by atoms with van der Waals surface area (Å²) in [6, 6.07) is 2.06. The van der Waals surface area contributed by atoms with E-state index in [-0.39, 0.29) is 0 Å². The molecule has 3 nitrogen and oxygen atoms in total. The zero-order chi connectivity index (χ0) is 7.56. The van der Waals surface area contributed by atoms with E-state index in [0.717, 1.165) is 12.1 Å². The third kappa shape index (κ3) is 1.21. The van der Waals surface area contributed by atoms with E-state index in [0.29, 0.717) is 11.6 Å². The van der Waals surface area contributed by atoms with Gasteiger partial charge in [0, 0.05) is 0 Å². The van der Waals surface area contributed by atoms with Crippen LogP contribution in [0.4, 0.5) is 0 Å². The molecule has 0 aliphatic heterocycles. The Balaban J connectivity index is 2.56. The van der Waals surface area contributed by atoms with Gasteiger partial charge in [0.15, 0.2) is 5.69 Å². The number of hydrogen-bond donors (Lipinski definition) is 2. The number of aromatic amines is 2. The van der Waals surface area contributed by atoms with Gasteiger partial charge in [-0.25, -0.2) is 0 Å². The Morgan fingerprint density at radius 1 is 1.50 bits per heavy atom. The first kappa shape index (κ1) is 6.94. The average molecular weight is 137 g/mol. The Bertz CT molecular complexity index is 236. The number of aromatic nitrogens is 2. The van der Waals surface area contributed by atoms with Crippen LogP contribution in [0.3, 0.4) is 0 Å². The fourth-order valence-corrected chi connectivity index (χ4v) is 0.870. The second-order valence-corrected chi connectivity index (χ2v) is 2.81. The fourth-order valence-electron chi connectivity index (χ4n) is 0.870. The molecule has 0 saturated carbocycles. The highest BCUT2D eigenvalue weighted by Crippen LogP contribution is 2.08. The monoisotopic (exact) mass is 137 g/mol. The molecule has 0 spiro atoms. The number of nitrogens with one attached hydrogen (secondary N) is 2. The number of nitrogens with zero attached hydrogens (tertiary/aromatic N) is 1. The molecule has 0 unspecified atom stereocenters. The van der Waals surface area contributed by atoms with Crippen molar-refractivity contribution in [1.29, 1.82) is 5.26 Å². The highest BCUT2D eigenvalue weighted by atomic mass is 15.2. The van der Waals surface area contributed by atoms with Gasteiger partial charge in [-0.15, -0.1) is 0 Å². The topological polar surface area (TPSA) is 55.4 Å². The number of H-pyrrole nitrogens is 2. The highest BCUT2D eigenvalue weighted by Gasteiger charge is 2.06. The average Bonchev–Trinajstić information content (AvgIpc) is 1.82. The fraction of sp³-hybridized carbons (Fsp3) is 0.571. The van der Waals surface area contributed by atoms with Gasteiger partial charge in [0.1, 0.15) is 6.07 Å². The Labute approximate surface area is 60.0 Å². The predicted octanol–water partition coefficient (Wildman–Crippen LogP) is 1.41. The van der Waals surface area contributed by atoms with Crippen molar-refractivity contribution < 1.29 is 0 Å². The molecule has 0 fully saturated rings. The summed E-state index contributed by atoms with van der Waals surface area (Å²) < 4.78 is 0. The normalized spacial score (nSPS) is 10.2. The van der Waals surface area contributed by atoms with Gasteiger partial charge in [-0.05, 0) is 12.3 Å². The summed E-state index contributed by atoms with van der Waals surface area (Å²) in [6.45, 7) is 4.25. The van der Waals surface area contributed by atoms with E-state index in [9.17, 15) is 0 Å². The molecule has 1 rings (SSSR count). The summed E-state index contributed by atoms with van der Waals surface area (Å²) in [5.41, 5.74) is 1.73. The third-order valence-electron chi connectivity index (χ3n) is 1.36. The lowest BCUT2D eigenvalue weighted by molar-refractivity contribution is 0.609. The highest BCUT2D eigenvalue weighted by molar-refractivity contribution is 5.26. The minimum absolute atomic E-state index is 0.605. The molecule has 0 amide bonds. The molecule has 3 heteroatoms. The van der Waals surface area contributed by atoms with E-state index in [2.05, 4.69) is 30.1 Å². The van der Waals surface area contributed by atoms with E-state index in [1.54, 1.807) is 0 Å². The van der Waals surface area contributed by atoms with E-state index in [4.69, 9.17) is 5.26 Å². The van der Waals surface area contributed by atoms with E-state index < -0.39 is 0 Å². The molecule has 1 aromatic rings. The summed E-state index contributed by atoms with van der Waals surface area (Å²) in [6.07, 6.45) is 0.954. The maximum Gasteiger partial charge on any atom is 0.153 e. The van der Waals surface area contributed by atoms with Crippen molar-refractivity contribution in [1.82, 2.24) is 10.2 Å². The molecule has 0 aliphatic rings. The Morgan fingerprint density at radius 2 is 2.20 bits per heavy atom. The molecule has 0 aliphatic carbocycles. The van der Waals surface area contributed by atoms with Crippen molar-refractivity contribution in [2.45, 2.75) is 20.3 Å². The van der Waals surface area contributed by atoms with Crippen molar-refractivity contribution in [2.75, 3.05) is 0 Å². The van der Waals surface area contributed by atoms with Crippen LogP contribution in [0, 0.1) is 17.2 Å². The first-order valence-electron chi connectivity index (χ1n) is 3.39. The summed E-state index contributed by atoms with van der Waals surface area (Å²) in [7, 11) is 0. The van der Waals surface area contributed by atoms with Gasteiger partial charge >= 0.3 is 0 Å². The van der Waals surface area contributed by atoms with Gasteiger partial charge in [0.2, 0.25) is 0 Å². The van der Waals surface area contributed by atoms with Crippen LogP contribution in [-0.2, 0) is 6.42 Å². The second kappa shape index (κ2) is 2.61. The molecule has 1 aromatic heterocycles. The summed E-state index contributed by atoms with van der Waals surface area (Å²) >= 11 is 0. The Hall–Kier alpha value is -1.17. The first-order valence-corrected chi connectivity index (χ1v) is 3.39. The number of hydrogen-bond acceptors (Lipinski definition) is 1. The Kier molecular flexibility index (Phi) is 1.81. The minimum atomic E-state index is 0.605. The Morgan fingerprint density at radius 3 is 2.50 bits per heavy atom. The van der Waals surface area contributed by atoms with Crippen LogP contribution in [0.25, 0.3) is 0 Å². The molecule has 0 radical (unpaired) electrons. The third-order valence-corrected chi connectivity index (χ3v) is 1.36. The predicted molar refractivity (Wildman–Crippen MR) is 38.4 cm³/mol. The van der Waals surface area contributed by atoms with Crippen LogP contribution in [0.15, 0.2) is 0 Å². The van der Waals surface area contributed by atoms with Crippen molar-refractivity contribution in [3.63, 3.8) is 0 Å². The summed E-state index contributed by atoms with van der Waals surface area (Å²) in [5, 5.41) is 14.1. The molecular formula is C7H11N3. The molecule has 0 atom stereocenters. The van der Waals surface area contributed by atoms with E-state index in [1.165, 1.54) is 0 Å². The largest absolute Gasteiger partial charge is 0.301 e. The molecular weight excluding hydrogens is 126 g/mol. The zero-order valence-corrected chi connectivity index (χ0v) is 6.23. The molecule has 54 valence electrons. The molecule has 2 N–H and O–H groups in total. The lowest BCUT2D eigenvalue weighted by atomic mass is 10.1. The van der Waals surface area contributed by atoms with E-state index in [1.807, 2.05) is 0 Å². The molecule has 1 heterocycles. The second-order valence-electron chi connectivity index (χ2n) is 2.81. The van der Waals surface area contributed by atoms with Crippen molar-refractivity contribution >= 4 is 0 Å². The van der Waals surface area contributed by atoms with Crippen LogP contribution >= 0.6 is 0 Å². The van der Waals surface area contributed by atoms with Crippen LogP contribution < -0.4 is 0 Å². The maximum absolute atomic E-state index is 8.46. The quantitative estimate of drug-likeness (QED) is 0.636. The molecule has 0 saturated heterocycles. The van der Waals surface area contributed by atoms with Crippen LogP contribution in [0.5, 0.6) is 0 Å². The molecule has 0 bridgehead atoms. The van der Waals surface area contributed by atoms with Crippen LogP contribution in [-0.4, -0.2) is 10.2 Å². The van der Waals surface area contributed by atoms with Crippen molar-refractivity contribution in [3.05, 3.63) is 11.4 Å². The molecule has 0 aromatic carbocycles. The van der Waals surface area contributed by atoms with Crippen LogP contribution in [0.2, 0.25) is 0 Å². The van der Waals surface area contributed by atoms with Gasteiger partial charge < -0.3 is 5.10 Å². The standard InChI is InChI=1S/C7H11N3/c1-5(2)3-6-7(4-8)10-9-6/h5,9-10H,3H2,1-2H3. The van der Waals surface area contributed by atoms with Gasteiger partial charge in [-0.2, -0.15) is 5.26 Å². The molecule has 10 heavy (non-hydrogen) atoms. The maximum atomic E-state index is 8.46. The zero-order valence-electron chi connectivity index (χ0n) is 6.23. The first-order chi connectivity index (χ1) is 4.74. The van der Waals surface area contributed by atoms with Gasteiger partial charge in [0.05, 0.1) is 5.69 Å². The lowest BCUT2D eigenvalue weighted by Crippen LogP contribution is -2.08. The number of nitriles is 1. The summed E-state index contributed by atoms with van der Waals surface area (Å²) in [5.74, 6) is 0.605. The number of rotatable bonds is 2. The van der Waals surface area contributed by atoms with Gasteiger partial charge in [-0.1, -0.05) is 13.8 Å². The lowest BCUT2D eigenvalue weighted by Gasteiger charge is -2.09. The van der Waals surface area contributed by atoms with Crippen molar-refractivity contribution in [2.24, 2.45) is 5.92 Å². The van der Waals surface area contributed by atoms with E-state index >= 15 is 0 Å². The van der Waals surface area contributed by atoms with Crippen molar-refractivity contribution in [3.8, 4) is 6.07 Å². The van der Waals surface area contributed by atoms with Crippen LogP contribution in [0.1, 0.15) is 25.2 Å². The van der Waals surface area contributed by atoms with Gasteiger partial charge in [-0.3, -0.25) is 5.10 Å². The minimum Gasteiger partial charge on any atom is -0.301 e.